The molecule has 0 aromatic heterocycles. The average Bonchev–Trinajstić information content (AvgIpc) is 2.47. The molecular weight excluding hydrogens is 280 g/mol. The van der Waals surface area contributed by atoms with Gasteiger partial charge >= 0.3 is 0 Å². The highest BCUT2D eigenvalue weighted by Crippen LogP contribution is 2.05. The van der Waals surface area contributed by atoms with Crippen molar-refractivity contribution in [3.63, 3.8) is 0 Å². The van der Waals surface area contributed by atoms with Crippen LogP contribution in [0.5, 0.6) is 0 Å². The zero-order chi connectivity index (χ0) is 15.7. The highest BCUT2D eigenvalue weighted by Gasteiger charge is 2.13. The molecule has 0 aliphatic rings. The Bertz CT molecular complexity index is 466. The first-order valence-electron chi connectivity index (χ1n) is 7.75. The number of hydrogen-bond donors (Lipinski definition) is 1. The number of hydrogen-bond acceptors (Lipinski definition) is 2. The zero-order valence-corrected chi connectivity index (χ0v) is 14.1. The molecule has 0 saturated carbocycles. The van der Waals surface area contributed by atoms with Crippen molar-refractivity contribution in [1.82, 2.24) is 10.2 Å². The number of nitrogens with zero attached hydrogens (tertiary/aromatic N) is 1. The normalized spacial score (nSPS) is 10.2. The SMILES string of the molecule is CCCCN(CCCC)C(=S)NC(=O)c1cccc(C)c1. The number of nitrogens with one attached hydrogen (secondary N) is 1. The third-order valence-electron chi connectivity index (χ3n) is 3.35. The first kappa shape index (κ1) is 17.6. The van der Waals surface area contributed by atoms with E-state index in [1.54, 1.807) is 0 Å². The monoisotopic (exact) mass is 306 g/mol. The van der Waals surface area contributed by atoms with Crippen molar-refractivity contribution in [2.24, 2.45) is 0 Å². The lowest BCUT2D eigenvalue weighted by Gasteiger charge is -2.25. The molecule has 4 heteroatoms. The molecular formula is C17H26N2OS. The molecule has 0 aliphatic carbocycles. The minimum Gasteiger partial charge on any atom is -0.349 e. The van der Waals surface area contributed by atoms with Crippen molar-refractivity contribution in [3.8, 4) is 0 Å². The second-order valence-electron chi connectivity index (χ2n) is 5.32. The molecule has 0 bridgehead atoms. The van der Waals surface area contributed by atoms with Gasteiger partial charge < -0.3 is 4.90 Å². The second-order valence-corrected chi connectivity index (χ2v) is 5.71. The second kappa shape index (κ2) is 9.50. The summed E-state index contributed by atoms with van der Waals surface area (Å²) in [6.45, 7) is 8.11. The molecule has 1 amide bonds. The molecule has 0 fully saturated rings. The number of carbonyl (C=O) groups is 1. The van der Waals surface area contributed by atoms with Gasteiger partial charge in [0.15, 0.2) is 5.11 Å². The number of unbranched alkanes of at least 4 members (excludes halogenated alkanes) is 2. The van der Waals surface area contributed by atoms with Crippen molar-refractivity contribution in [2.45, 2.75) is 46.5 Å². The third-order valence-corrected chi connectivity index (χ3v) is 3.71. The number of benzene rings is 1. The summed E-state index contributed by atoms with van der Waals surface area (Å²) >= 11 is 5.41. The Morgan fingerprint density at radius 1 is 1.19 bits per heavy atom. The van der Waals surface area contributed by atoms with E-state index in [2.05, 4.69) is 24.1 Å². The molecule has 0 radical (unpaired) electrons. The maximum absolute atomic E-state index is 12.2. The van der Waals surface area contributed by atoms with Gasteiger partial charge in [0, 0.05) is 18.7 Å². The molecule has 1 aromatic rings. The van der Waals surface area contributed by atoms with Gasteiger partial charge in [0.25, 0.3) is 5.91 Å². The smallest absolute Gasteiger partial charge is 0.257 e. The van der Waals surface area contributed by atoms with Crippen LogP contribution in [0.1, 0.15) is 55.5 Å². The molecule has 116 valence electrons. The van der Waals surface area contributed by atoms with Crippen molar-refractivity contribution in [2.75, 3.05) is 13.1 Å². The zero-order valence-electron chi connectivity index (χ0n) is 13.3. The molecule has 1 N–H and O–H groups in total. The van der Waals surface area contributed by atoms with Gasteiger partial charge in [0.1, 0.15) is 0 Å². The van der Waals surface area contributed by atoms with Crippen LogP contribution in [0.4, 0.5) is 0 Å². The first-order valence-corrected chi connectivity index (χ1v) is 8.16. The maximum Gasteiger partial charge on any atom is 0.257 e. The predicted octanol–water partition coefficient (Wildman–Crippen LogP) is 3.91. The van der Waals surface area contributed by atoms with Crippen LogP contribution in [0.3, 0.4) is 0 Å². The summed E-state index contributed by atoms with van der Waals surface area (Å²) in [5.74, 6) is -0.123. The summed E-state index contributed by atoms with van der Waals surface area (Å²) in [6, 6.07) is 7.55. The van der Waals surface area contributed by atoms with Gasteiger partial charge in [0.05, 0.1) is 0 Å². The van der Waals surface area contributed by atoms with Crippen LogP contribution >= 0.6 is 12.2 Å². The van der Waals surface area contributed by atoms with E-state index in [4.69, 9.17) is 12.2 Å². The van der Waals surface area contributed by atoms with Crippen molar-refractivity contribution in [3.05, 3.63) is 35.4 Å². The van der Waals surface area contributed by atoms with Crippen molar-refractivity contribution in [1.29, 1.82) is 0 Å². The topological polar surface area (TPSA) is 32.3 Å². The van der Waals surface area contributed by atoms with E-state index in [1.165, 1.54) is 0 Å². The fourth-order valence-electron chi connectivity index (χ4n) is 2.05. The Kier molecular flexibility index (Phi) is 7.98. The maximum atomic E-state index is 12.2. The Morgan fingerprint density at radius 3 is 2.33 bits per heavy atom. The van der Waals surface area contributed by atoms with Crippen LogP contribution in [-0.4, -0.2) is 29.0 Å². The van der Waals surface area contributed by atoms with Gasteiger partial charge in [-0.1, -0.05) is 44.4 Å². The van der Waals surface area contributed by atoms with E-state index in [1.807, 2.05) is 31.2 Å². The molecule has 0 atom stereocenters. The van der Waals surface area contributed by atoms with Crippen LogP contribution < -0.4 is 5.32 Å². The fourth-order valence-corrected chi connectivity index (χ4v) is 2.32. The standard InChI is InChI=1S/C17H26N2OS/c1-4-6-11-19(12-7-5-2)17(21)18-16(20)15-10-8-9-14(3)13-15/h8-10,13H,4-7,11-12H2,1-3H3,(H,18,20,21). The quantitative estimate of drug-likeness (QED) is 0.775. The molecule has 0 saturated heterocycles. The molecule has 1 aromatic carbocycles. The number of amides is 1. The van der Waals surface area contributed by atoms with Gasteiger partial charge in [-0.05, 0) is 44.1 Å². The average molecular weight is 306 g/mol. The largest absolute Gasteiger partial charge is 0.349 e. The van der Waals surface area contributed by atoms with Gasteiger partial charge in [-0.15, -0.1) is 0 Å². The lowest BCUT2D eigenvalue weighted by Crippen LogP contribution is -2.43. The Hall–Kier alpha value is -1.42. The van der Waals surface area contributed by atoms with Gasteiger partial charge in [-0.3, -0.25) is 10.1 Å². The lowest BCUT2D eigenvalue weighted by atomic mass is 10.1. The van der Waals surface area contributed by atoms with Crippen LogP contribution in [0.15, 0.2) is 24.3 Å². The molecule has 0 aliphatic heterocycles. The summed E-state index contributed by atoms with van der Waals surface area (Å²) in [4.78, 5) is 14.3. The van der Waals surface area contributed by atoms with Crippen LogP contribution in [0.2, 0.25) is 0 Å². The minimum atomic E-state index is -0.123. The van der Waals surface area contributed by atoms with Gasteiger partial charge in [-0.25, -0.2) is 0 Å². The molecule has 0 unspecified atom stereocenters. The highest BCUT2D eigenvalue weighted by atomic mass is 32.1. The summed E-state index contributed by atoms with van der Waals surface area (Å²) in [5, 5.41) is 3.40. The summed E-state index contributed by atoms with van der Waals surface area (Å²) in [5.41, 5.74) is 1.73. The predicted molar refractivity (Wildman–Crippen MR) is 92.6 cm³/mol. The summed E-state index contributed by atoms with van der Waals surface area (Å²) in [7, 11) is 0. The molecule has 21 heavy (non-hydrogen) atoms. The minimum absolute atomic E-state index is 0.123. The van der Waals surface area contributed by atoms with E-state index in [-0.39, 0.29) is 5.91 Å². The summed E-state index contributed by atoms with van der Waals surface area (Å²) in [6.07, 6.45) is 4.42. The molecule has 3 nitrogen and oxygen atoms in total. The molecule has 1 rings (SSSR count). The number of thiocarbonyl (C=S) groups is 1. The van der Waals surface area contributed by atoms with E-state index in [0.29, 0.717) is 10.7 Å². The molecule has 0 spiro atoms. The first-order chi connectivity index (χ1) is 10.1. The Balaban J connectivity index is 2.64. The Morgan fingerprint density at radius 2 is 1.81 bits per heavy atom. The third kappa shape index (κ3) is 6.25. The van der Waals surface area contributed by atoms with Crippen LogP contribution in [-0.2, 0) is 0 Å². The van der Waals surface area contributed by atoms with Crippen molar-refractivity contribution < 1.29 is 4.79 Å². The van der Waals surface area contributed by atoms with E-state index in [9.17, 15) is 4.79 Å². The van der Waals surface area contributed by atoms with E-state index >= 15 is 0 Å². The number of rotatable bonds is 7. The van der Waals surface area contributed by atoms with Crippen LogP contribution in [0.25, 0.3) is 0 Å². The van der Waals surface area contributed by atoms with E-state index in [0.717, 1.165) is 44.3 Å². The fraction of sp³-hybridized carbons (Fsp3) is 0.529. The Labute approximate surface area is 133 Å². The summed E-state index contributed by atoms with van der Waals surface area (Å²) < 4.78 is 0. The van der Waals surface area contributed by atoms with Gasteiger partial charge in [-0.2, -0.15) is 0 Å². The highest BCUT2D eigenvalue weighted by molar-refractivity contribution is 7.80. The molecule has 0 heterocycles. The van der Waals surface area contributed by atoms with Crippen molar-refractivity contribution >= 4 is 23.2 Å². The number of carbonyl (C=O) groups excluding carboxylic acids is 1. The van der Waals surface area contributed by atoms with Crippen LogP contribution in [0, 0.1) is 6.92 Å². The van der Waals surface area contributed by atoms with Gasteiger partial charge in [0.2, 0.25) is 0 Å². The lowest BCUT2D eigenvalue weighted by molar-refractivity contribution is 0.0973. The number of aryl methyl sites for hydroxylation is 1. The van der Waals surface area contributed by atoms with E-state index < -0.39 is 0 Å².